The fraction of sp³-hybridized carbons (Fsp3) is 0.316. The first-order valence-electron chi connectivity index (χ1n) is 8.80. The van der Waals surface area contributed by atoms with Gasteiger partial charge in [-0.2, -0.15) is 0 Å². The smallest absolute Gasteiger partial charge is 0.274 e. The average molecular weight is 458 g/mol. The molecule has 29 heavy (non-hydrogen) atoms. The molecule has 1 aliphatic heterocycles. The highest BCUT2D eigenvalue weighted by Gasteiger charge is 2.32. The van der Waals surface area contributed by atoms with Gasteiger partial charge in [-0.15, -0.1) is 36.2 Å². The van der Waals surface area contributed by atoms with Gasteiger partial charge in [0.25, 0.3) is 5.91 Å². The van der Waals surface area contributed by atoms with Gasteiger partial charge in [-0.05, 0) is 11.6 Å². The van der Waals surface area contributed by atoms with Gasteiger partial charge in [0, 0.05) is 50.9 Å². The minimum Gasteiger partial charge on any atom is -0.336 e. The molecular weight excluding hydrogens is 436 g/mol. The van der Waals surface area contributed by atoms with E-state index in [2.05, 4.69) is 15.3 Å². The number of hydrogen-bond donors (Lipinski definition) is 1. The molecule has 3 aromatic rings. The number of rotatable bonds is 4. The van der Waals surface area contributed by atoms with E-state index in [1.807, 2.05) is 22.7 Å². The number of nitrogens with zero attached hydrogens (tertiary/aromatic N) is 4. The molecule has 4 rings (SSSR count). The number of carbonyl (C=O) groups excluding carboxylic acids is 1. The summed E-state index contributed by atoms with van der Waals surface area (Å²) in [7, 11) is 1.93. The molecule has 3 heterocycles. The lowest BCUT2D eigenvalue weighted by Crippen LogP contribution is -2.49. The van der Waals surface area contributed by atoms with Crippen LogP contribution in [0.15, 0.2) is 42.0 Å². The summed E-state index contributed by atoms with van der Waals surface area (Å²) in [4.78, 5) is 23.8. The van der Waals surface area contributed by atoms with Crippen LogP contribution in [0.3, 0.4) is 0 Å². The van der Waals surface area contributed by atoms with Gasteiger partial charge in [-0.1, -0.05) is 18.2 Å². The Labute approximate surface area is 185 Å². The van der Waals surface area contributed by atoms with E-state index in [0.717, 1.165) is 17.4 Å². The number of halogens is 3. The van der Waals surface area contributed by atoms with Crippen molar-refractivity contribution in [2.45, 2.75) is 12.5 Å². The van der Waals surface area contributed by atoms with Gasteiger partial charge in [0.05, 0.1) is 5.01 Å². The average Bonchev–Trinajstić information content (AvgIpc) is 3.32. The summed E-state index contributed by atoms with van der Waals surface area (Å²) < 4.78 is 15.8. The van der Waals surface area contributed by atoms with E-state index >= 15 is 0 Å². The quantitative estimate of drug-likeness (QED) is 0.652. The zero-order chi connectivity index (χ0) is 18.8. The summed E-state index contributed by atoms with van der Waals surface area (Å²) in [5.41, 5.74) is 0.992. The van der Waals surface area contributed by atoms with Crippen molar-refractivity contribution in [2.75, 3.05) is 19.6 Å². The van der Waals surface area contributed by atoms with Gasteiger partial charge in [-0.25, -0.2) is 14.4 Å². The maximum absolute atomic E-state index is 13.9. The molecule has 0 radical (unpaired) electrons. The van der Waals surface area contributed by atoms with Crippen LogP contribution in [-0.2, 0) is 13.5 Å². The fourth-order valence-electron chi connectivity index (χ4n) is 3.32. The van der Waals surface area contributed by atoms with E-state index in [1.165, 1.54) is 17.4 Å². The van der Waals surface area contributed by atoms with Crippen molar-refractivity contribution in [3.05, 3.63) is 69.9 Å². The van der Waals surface area contributed by atoms with E-state index < -0.39 is 0 Å². The first kappa shape index (κ1) is 23.3. The molecule has 0 aliphatic carbocycles. The first-order valence-corrected chi connectivity index (χ1v) is 9.68. The van der Waals surface area contributed by atoms with Gasteiger partial charge in [-0.3, -0.25) is 4.79 Å². The minimum atomic E-state index is -0.252. The Bertz CT molecular complexity index is 963. The van der Waals surface area contributed by atoms with Crippen LogP contribution in [0, 0.1) is 5.82 Å². The molecule has 1 saturated heterocycles. The third kappa shape index (κ3) is 4.95. The first-order chi connectivity index (χ1) is 13.1. The van der Waals surface area contributed by atoms with Crippen molar-refractivity contribution in [3.63, 3.8) is 0 Å². The standard InChI is InChI=1S/C19H20FN5OS.2ClH/c1-24-8-7-22-18(24)16-11-21-6-9-25(16)19(26)15-12-27-17(23-15)10-13-4-2-3-5-14(13)20;;/h2-5,7-8,12,16,21H,6,9-11H2,1H3;2*1H. The molecule has 1 atom stereocenters. The van der Waals surface area contributed by atoms with Crippen molar-refractivity contribution in [3.8, 4) is 0 Å². The molecule has 0 spiro atoms. The van der Waals surface area contributed by atoms with Crippen LogP contribution in [0.1, 0.15) is 32.9 Å². The summed E-state index contributed by atoms with van der Waals surface area (Å²) >= 11 is 1.39. The highest BCUT2D eigenvalue weighted by atomic mass is 35.5. The summed E-state index contributed by atoms with van der Waals surface area (Å²) in [5, 5.41) is 5.81. The Morgan fingerprint density at radius 3 is 2.86 bits per heavy atom. The Balaban J connectivity index is 0.00000150. The van der Waals surface area contributed by atoms with Crippen molar-refractivity contribution < 1.29 is 9.18 Å². The summed E-state index contributed by atoms with van der Waals surface area (Å²) in [6.45, 7) is 1.98. The lowest BCUT2D eigenvalue weighted by molar-refractivity contribution is 0.0615. The molecular formula is C19H22Cl2FN5OS. The van der Waals surface area contributed by atoms with Crippen LogP contribution >= 0.6 is 36.2 Å². The third-order valence-electron chi connectivity index (χ3n) is 4.73. The number of nitrogens with one attached hydrogen (secondary N) is 1. The van der Waals surface area contributed by atoms with Crippen molar-refractivity contribution in [1.82, 2.24) is 24.8 Å². The third-order valence-corrected chi connectivity index (χ3v) is 5.58. The van der Waals surface area contributed by atoms with Gasteiger partial charge in [0.1, 0.15) is 23.4 Å². The number of piperazine rings is 1. The van der Waals surface area contributed by atoms with Gasteiger partial charge in [0.2, 0.25) is 0 Å². The van der Waals surface area contributed by atoms with Crippen molar-refractivity contribution >= 4 is 42.1 Å². The molecule has 156 valence electrons. The molecule has 1 fully saturated rings. The zero-order valence-corrected chi connectivity index (χ0v) is 18.2. The van der Waals surface area contributed by atoms with E-state index in [0.29, 0.717) is 30.8 Å². The predicted molar refractivity (Wildman–Crippen MR) is 116 cm³/mol. The number of benzene rings is 1. The summed E-state index contributed by atoms with van der Waals surface area (Å²) in [6, 6.07) is 6.51. The maximum atomic E-state index is 13.9. The second-order valence-corrected chi connectivity index (χ2v) is 7.45. The van der Waals surface area contributed by atoms with Crippen LogP contribution < -0.4 is 5.32 Å². The zero-order valence-electron chi connectivity index (χ0n) is 15.7. The molecule has 1 N–H and O–H groups in total. The van der Waals surface area contributed by atoms with Crippen LogP contribution in [-0.4, -0.2) is 45.0 Å². The topological polar surface area (TPSA) is 63.1 Å². The Kier molecular flexibility index (Phi) is 8.15. The summed E-state index contributed by atoms with van der Waals surface area (Å²) in [5.74, 6) is 0.482. The molecule has 0 bridgehead atoms. The van der Waals surface area contributed by atoms with Crippen LogP contribution in [0.4, 0.5) is 4.39 Å². The number of imidazole rings is 1. The van der Waals surface area contributed by atoms with Crippen LogP contribution in [0.2, 0.25) is 0 Å². The number of carbonyl (C=O) groups is 1. The number of aromatic nitrogens is 3. The van der Waals surface area contributed by atoms with Crippen molar-refractivity contribution in [1.29, 1.82) is 0 Å². The maximum Gasteiger partial charge on any atom is 0.274 e. The Morgan fingerprint density at radius 2 is 2.14 bits per heavy atom. The Morgan fingerprint density at radius 1 is 1.34 bits per heavy atom. The highest BCUT2D eigenvalue weighted by molar-refractivity contribution is 7.09. The molecule has 1 aliphatic rings. The normalized spacial score (nSPS) is 16.1. The molecule has 1 unspecified atom stereocenters. The van der Waals surface area contributed by atoms with Crippen LogP contribution in [0.25, 0.3) is 0 Å². The molecule has 0 saturated carbocycles. The van der Waals surface area contributed by atoms with E-state index in [-0.39, 0.29) is 42.6 Å². The highest BCUT2D eigenvalue weighted by Crippen LogP contribution is 2.24. The number of amides is 1. The lowest BCUT2D eigenvalue weighted by Gasteiger charge is -2.35. The summed E-state index contributed by atoms with van der Waals surface area (Å²) in [6.07, 6.45) is 4.00. The molecule has 1 aromatic carbocycles. The monoisotopic (exact) mass is 457 g/mol. The largest absolute Gasteiger partial charge is 0.336 e. The van der Waals surface area contributed by atoms with E-state index in [4.69, 9.17) is 0 Å². The second-order valence-electron chi connectivity index (χ2n) is 6.51. The van der Waals surface area contributed by atoms with Gasteiger partial charge >= 0.3 is 0 Å². The molecule has 10 heteroatoms. The number of aryl methyl sites for hydroxylation is 1. The van der Waals surface area contributed by atoms with Gasteiger partial charge in [0.15, 0.2) is 0 Å². The molecule has 2 aromatic heterocycles. The van der Waals surface area contributed by atoms with E-state index in [9.17, 15) is 9.18 Å². The second kappa shape index (κ2) is 10.2. The predicted octanol–water partition coefficient (Wildman–Crippen LogP) is 3.24. The van der Waals surface area contributed by atoms with Crippen molar-refractivity contribution in [2.24, 2.45) is 7.05 Å². The molecule has 6 nitrogen and oxygen atoms in total. The Hall–Kier alpha value is -2.00. The van der Waals surface area contributed by atoms with Crippen LogP contribution in [0.5, 0.6) is 0 Å². The number of hydrogen-bond acceptors (Lipinski definition) is 5. The lowest BCUT2D eigenvalue weighted by atomic mass is 10.1. The molecule has 1 amide bonds. The van der Waals surface area contributed by atoms with Gasteiger partial charge < -0.3 is 14.8 Å². The number of thiazole rings is 1. The SMILES string of the molecule is Cl.Cl.Cn1ccnc1C1CNCCN1C(=O)c1csc(Cc2ccccc2F)n1. The van der Waals surface area contributed by atoms with E-state index in [1.54, 1.807) is 29.8 Å². The minimum absolute atomic E-state index is 0. The fourth-order valence-corrected chi connectivity index (χ4v) is 4.11.